The summed E-state index contributed by atoms with van der Waals surface area (Å²) < 4.78 is 43.1. The molecule has 0 saturated heterocycles. The van der Waals surface area contributed by atoms with Crippen molar-refractivity contribution in [2.45, 2.75) is 6.18 Å². The molecule has 1 heterocycles. The van der Waals surface area contributed by atoms with Crippen LogP contribution in [0.3, 0.4) is 0 Å². The summed E-state index contributed by atoms with van der Waals surface area (Å²) in [4.78, 5) is 16.4. The summed E-state index contributed by atoms with van der Waals surface area (Å²) >= 11 is 0. The van der Waals surface area contributed by atoms with Crippen LogP contribution in [-0.4, -0.2) is 11.0 Å². The summed E-state index contributed by atoms with van der Waals surface area (Å²) in [6, 6.07) is 12.7. The Morgan fingerprint density at radius 2 is 1.74 bits per heavy atom. The first-order valence-corrected chi connectivity index (χ1v) is 6.68. The van der Waals surface area contributed by atoms with Crippen LogP contribution >= 0.6 is 0 Å². The van der Waals surface area contributed by atoms with Crippen molar-refractivity contribution in [3.8, 4) is 5.75 Å². The highest BCUT2D eigenvalue weighted by Gasteiger charge is 2.30. The number of carbonyl (C=O) groups excluding carboxylic acids is 1. The molecule has 0 bridgehead atoms. The Bertz CT molecular complexity index is 870. The van der Waals surface area contributed by atoms with Gasteiger partial charge in [-0.05, 0) is 30.3 Å². The van der Waals surface area contributed by atoms with Gasteiger partial charge in [0, 0.05) is 11.6 Å². The van der Waals surface area contributed by atoms with Crippen LogP contribution in [0, 0.1) is 0 Å². The SMILES string of the molecule is O=C(Oc1cccc(C(F)(F)F)c1)c1cccc2cccnc12. The quantitative estimate of drug-likeness (QED) is 0.517. The molecule has 0 amide bonds. The molecule has 23 heavy (non-hydrogen) atoms. The Balaban J connectivity index is 1.93. The summed E-state index contributed by atoms with van der Waals surface area (Å²) in [5.74, 6) is -0.925. The van der Waals surface area contributed by atoms with Crippen LogP contribution in [0.25, 0.3) is 10.9 Å². The zero-order valence-corrected chi connectivity index (χ0v) is 11.7. The maximum absolute atomic E-state index is 12.7. The van der Waals surface area contributed by atoms with Crippen molar-refractivity contribution >= 4 is 16.9 Å². The third kappa shape index (κ3) is 3.15. The first-order valence-electron chi connectivity index (χ1n) is 6.68. The lowest BCUT2D eigenvalue weighted by Crippen LogP contribution is -2.11. The molecule has 0 aliphatic rings. The number of fused-ring (bicyclic) bond motifs is 1. The molecule has 0 N–H and O–H groups in total. The Hall–Kier alpha value is -2.89. The average molecular weight is 317 g/mol. The molecule has 0 atom stereocenters. The lowest BCUT2D eigenvalue weighted by molar-refractivity contribution is -0.137. The number of rotatable bonds is 2. The van der Waals surface area contributed by atoms with E-state index in [9.17, 15) is 18.0 Å². The molecule has 0 radical (unpaired) electrons. The van der Waals surface area contributed by atoms with Gasteiger partial charge in [0.25, 0.3) is 0 Å². The first kappa shape index (κ1) is 15.0. The summed E-state index contributed by atoms with van der Waals surface area (Å²) in [7, 11) is 0. The van der Waals surface area contributed by atoms with E-state index < -0.39 is 17.7 Å². The second-order valence-electron chi connectivity index (χ2n) is 4.80. The molecule has 3 nitrogen and oxygen atoms in total. The number of alkyl halides is 3. The molecule has 2 aromatic carbocycles. The van der Waals surface area contributed by atoms with Gasteiger partial charge in [0.2, 0.25) is 0 Å². The fraction of sp³-hybridized carbons (Fsp3) is 0.0588. The average Bonchev–Trinajstić information content (AvgIpc) is 2.53. The second-order valence-corrected chi connectivity index (χ2v) is 4.80. The van der Waals surface area contributed by atoms with E-state index >= 15 is 0 Å². The minimum Gasteiger partial charge on any atom is -0.423 e. The molecule has 0 aliphatic carbocycles. The number of hydrogen-bond acceptors (Lipinski definition) is 3. The molecular weight excluding hydrogens is 307 g/mol. The van der Waals surface area contributed by atoms with Crippen molar-refractivity contribution in [3.05, 3.63) is 71.9 Å². The van der Waals surface area contributed by atoms with Crippen LogP contribution in [0.5, 0.6) is 5.75 Å². The van der Waals surface area contributed by atoms with E-state index in [1.54, 1.807) is 24.3 Å². The Morgan fingerprint density at radius 3 is 2.52 bits per heavy atom. The highest BCUT2D eigenvalue weighted by Crippen LogP contribution is 2.31. The molecule has 116 valence electrons. The predicted octanol–water partition coefficient (Wildman–Crippen LogP) is 4.47. The minimum absolute atomic E-state index is 0.169. The van der Waals surface area contributed by atoms with Crippen molar-refractivity contribution < 1.29 is 22.7 Å². The molecule has 6 heteroatoms. The molecule has 3 aromatic rings. The van der Waals surface area contributed by atoms with Crippen LogP contribution < -0.4 is 4.74 Å². The Labute approximate surface area is 129 Å². The van der Waals surface area contributed by atoms with E-state index in [2.05, 4.69) is 4.98 Å². The van der Waals surface area contributed by atoms with Crippen LogP contribution in [0.1, 0.15) is 15.9 Å². The van der Waals surface area contributed by atoms with E-state index in [4.69, 9.17) is 4.74 Å². The minimum atomic E-state index is -4.50. The number of nitrogens with zero attached hydrogens (tertiary/aromatic N) is 1. The zero-order chi connectivity index (χ0) is 16.4. The first-order chi connectivity index (χ1) is 10.9. The lowest BCUT2D eigenvalue weighted by atomic mass is 10.1. The van der Waals surface area contributed by atoms with Gasteiger partial charge in [0.15, 0.2) is 0 Å². The smallest absolute Gasteiger partial charge is 0.416 e. The van der Waals surface area contributed by atoms with Gasteiger partial charge in [-0.15, -0.1) is 0 Å². The van der Waals surface area contributed by atoms with Gasteiger partial charge in [0.1, 0.15) is 5.75 Å². The molecule has 0 saturated carbocycles. The molecular formula is C17H10F3NO2. The third-order valence-electron chi connectivity index (χ3n) is 3.22. The maximum Gasteiger partial charge on any atom is 0.416 e. The number of ether oxygens (including phenoxy) is 1. The van der Waals surface area contributed by atoms with Gasteiger partial charge >= 0.3 is 12.1 Å². The second kappa shape index (κ2) is 5.72. The van der Waals surface area contributed by atoms with E-state index in [1.807, 2.05) is 0 Å². The molecule has 1 aromatic heterocycles. The maximum atomic E-state index is 12.7. The van der Waals surface area contributed by atoms with Gasteiger partial charge in [0.05, 0.1) is 16.6 Å². The van der Waals surface area contributed by atoms with Crippen molar-refractivity contribution in [3.63, 3.8) is 0 Å². The normalized spacial score (nSPS) is 11.4. The number of esters is 1. The Morgan fingerprint density at radius 1 is 1.00 bits per heavy atom. The van der Waals surface area contributed by atoms with E-state index in [1.165, 1.54) is 24.4 Å². The largest absolute Gasteiger partial charge is 0.423 e. The van der Waals surface area contributed by atoms with E-state index in [0.717, 1.165) is 17.5 Å². The van der Waals surface area contributed by atoms with Crippen molar-refractivity contribution in [2.75, 3.05) is 0 Å². The Kier molecular flexibility index (Phi) is 3.73. The molecule has 0 aliphatic heterocycles. The standard InChI is InChI=1S/C17H10F3NO2/c18-17(19,20)12-6-2-7-13(10-12)23-16(22)14-8-1-4-11-5-3-9-21-15(11)14/h1-10H. The van der Waals surface area contributed by atoms with Crippen LogP contribution in [0.2, 0.25) is 0 Å². The predicted molar refractivity (Wildman–Crippen MR) is 78.1 cm³/mol. The van der Waals surface area contributed by atoms with Gasteiger partial charge in [-0.1, -0.05) is 24.3 Å². The lowest BCUT2D eigenvalue weighted by Gasteiger charge is -2.10. The molecule has 0 spiro atoms. The van der Waals surface area contributed by atoms with E-state index in [-0.39, 0.29) is 11.3 Å². The number of benzene rings is 2. The third-order valence-corrected chi connectivity index (χ3v) is 3.22. The summed E-state index contributed by atoms with van der Waals surface area (Å²) in [5.41, 5.74) is -0.244. The molecule has 0 fully saturated rings. The van der Waals surface area contributed by atoms with Gasteiger partial charge in [-0.25, -0.2) is 4.79 Å². The summed E-state index contributed by atoms with van der Waals surface area (Å²) in [5, 5.41) is 0.742. The number of aromatic nitrogens is 1. The van der Waals surface area contributed by atoms with Crippen molar-refractivity contribution in [1.29, 1.82) is 0 Å². The van der Waals surface area contributed by atoms with Crippen molar-refractivity contribution in [2.24, 2.45) is 0 Å². The number of carbonyl (C=O) groups is 1. The van der Waals surface area contributed by atoms with Gasteiger partial charge in [-0.3, -0.25) is 4.98 Å². The van der Waals surface area contributed by atoms with Crippen LogP contribution in [0.15, 0.2) is 60.8 Å². The van der Waals surface area contributed by atoms with Crippen LogP contribution in [0.4, 0.5) is 13.2 Å². The fourth-order valence-electron chi connectivity index (χ4n) is 2.17. The van der Waals surface area contributed by atoms with Crippen molar-refractivity contribution in [1.82, 2.24) is 4.98 Å². The van der Waals surface area contributed by atoms with E-state index in [0.29, 0.717) is 5.52 Å². The van der Waals surface area contributed by atoms with Crippen LogP contribution in [-0.2, 0) is 6.18 Å². The molecule has 0 unspecified atom stereocenters. The summed E-state index contributed by atoms with van der Waals surface area (Å²) in [6.07, 6.45) is -2.97. The number of hydrogen-bond donors (Lipinski definition) is 0. The van der Waals surface area contributed by atoms with Gasteiger partial charge in [-0.2, -0.15) is 13.2 Å². The number of halogens is 3. The highest BCUT2D eigenvalue weighted by atomic mass is 19.4. The monoisotopic (exact) mass is 317 g/mol. The zero-order valence-electron chi connectivity index (χ0n) is 11.7. The topological polar surface area (TPSA) is 39.2 Å². The number of pyridine rings is 1. The fourth-order valence-corrected chi connectivity index (χ4v) is 2.17. The number of para-hydroxylation sites is 1. The van der Waals surface area contributed by atoms with Gasteiger partial charge < -0.3 is 4.74 Å². The molecule has 3 rings (SSSR count). The highest BCUT2D eigenvalue weighted by molar-refractivity contribution is 6.03. The summed E-state index contributed by atoms with van der Waals surface area (Å²) in [6.45, 7) is 0.